The lowest BCUT2D eigenvalue weighted by Crippen LogP contribution is -2.39. The first-order valence-corrected chi connectivity index (χ1v) is 6.38. The molecule has 19 heavy (non-hydrogen) atoms. The molecule has 4 heteroatoms. The molecule has 0 radical (unpaired) electrons. The molecule has 0 saturated carbocycles. The highest BCUT2D eigenvalue weighted by Gasteiger charge is 2.29. The van der Waals surface area contributed by atoms with Gasteiger partial charge >= 0.3 is 6.03 Å². The first-order valence-electron chi connectivity index (χ1n) is 6.38. The minimum absolute atomic E-state index is 0.0942. The number of terminal acetylenes is 1. The topological polar surface area (TPSA) is 41.6 Å². The van der Waals surface area contributed by atoms with Crippen molar-refractivity contribution in [1.29, 1.82) is 0 Å². The fourth-order valence-electron chi connectivity index (χ4n) is 2.43. The molecule has 1 aliphatic rings. The van der Waals surface area contributed by atoms with Crippen LogP contribution in [-0.4, -0.2) is 31.1 Å². The van der Waals surface area contributed by atoms with Gasteiger partial charge in [0.05, 0.1) is 19.7 Å². The predicted molar refractivity (Wildman–Crippen MR) is 73.9 cm³/mol. The molecule has 2 rings (SSSR count). The average molecular weight is 258 g/mol. The lowest BCUT2D eigenvalue weighted by atomic mass is 10.0. The number of carbonyl (C=O) groups excluding carboxylic acids is 1. The van der Waals surface area contributed by atoms with Crippen molar-refractivity contribution < 1.29 is 9.53 Å². The van der Waals surface area contributed by atoms with Crippen molar-refractivity contribution in [2.24, 2.45) is 0 Å². The highest BCUT2D eigenvalue weighted by Crippen LogP contribution is 2.33. The molecule has 0 bridgehead atoms. The second kappa shape index (κ2) is 6.14. The number of nitrogens with one attached hydrogen (secondary N) is 1. The van der Waals surface area contributed by atoms with Gasteiger partial charge in [0.1, 0.15) is 5.75 Å². The summed E-state index contributed by atoms with van der Waals surface area (Å²) in [5.41, 5.74) is 1.10. The third-order valence-electron chi connectivity index (χ3n) is 3.33. The standard InChI is InChI=1S/C15H18N2O2/c1-3-9-16-15(18)17-10-5-8-14(17)12-6-4-7-13(11-12)19-2/h1,4,6-7,11,14H,5,8-10H2,2H3,(H,16,18)/t14-/m0/s1. The molecule has 1 aromatic rings. The summed E-state index contributed by atoms with van der Waals surface area (Å²) in [4.78, 5) is 13.9. The number of rotatable bonds is 3. The number of ether oxygens (including phenoxy) is 1. The summed E-state index contributed by atoms with van der Waals surface area (Å²) in [6.45, 7) is 1.03. The van der Waals surface area contributed by atoms with Gasteiger partial charge in [0.25, 0.3) is 0 Å². The average Bonchev–Trinajstić information content (AvgIpc) is 2.94. The summed E-state index contributed by atoms with van der Waals surface area (Å²) < 4.78 is 5.23. The Morgan fingerprint density at radius 2 is 2.47 bits per heavy atom. The Hall–Kier alpha value is -2.15. The normalized spacial score (nSPS) is 17.9. The molecule has 1 aromatic carbocycles. The van der Waals surface area contributed by atoms with Crippen molar-refractivity contribution in [3.8, 4) is 18.1 Å². The van der Waals surface area contributed by atoms with Gasteiger partial charge in [0, 0.05) is 6.54 Å². The third-order valence-corrected chi connectivity index (χ3v) is 3.33. The molecule has 1 aliphatic heterocycles. The molecule has 0 aliphatic carbocycles. The number of amides is 2. The number of likely N-dealkylation sites (tertiary alicyclic amines) is 1. The van der Waals surface area contributed by atoms with E-state index in [2.05, 4.69) is 11.2 Å². The van der Waals surface area contributed by atoms with E-state index in [1.165, 1.54) is 0 Å². The van der Waals surface area contributed by atoms with E-state index in [4.69, 9.17) is 11.2 Å². The van der Waals surface area contributed by atoms with Crippen molar-refractivity contribution in [3.63, 3.8) is 0 Å². The SMILES string of the molecule is C#CCNC(=O)N1CCC[C@H]1c1cccc(OC)c1. The zero-order valence-corrected chi connectivity index (χ0v) is 11.1. The number of hydrogen-bond acceptors (Lipinski definition) is 2. The van der Waals surface area contributed by atoms with E-state index in [9.17, 15) is 4.79 Å². The zero-order chi connectivity index (χ0) is 13.7. The van der Waals surface area contributed by atoms with Crippen LogP contribution in [0.1, 0.15) is 24.4 Å². The van der Waals surface area contributed by atoms with E-state index in [0.717, 1.165) is 30.7 Å². The van der Waals surface area contributed by atoms with Crippen LogP contribution in [0, 0.1) is 12.3 Å². The van der Waals surface area contributed by atoms with E-state index in [1.807, 2.05) is 29.2 Å². The fraction of sp³-hybridized carbons (Fsp3) is 0.400. The second-order valence-corrected chi connectivity index (χ2v) is 4.49. The summed E-state index contributed by atoms with van der Waals surface area (Å²) in [5.74, 6) is 3.23. The number of nitrogens with zero attached hydrogens (tertiary/aromatic N) is 1. The predicted octanol–water partition coefficient (Wildman–Crippen LogP) is 2.17. The van der Waals surface area contributed by atoms with Crippen LogP contribution in [0.2, 0.25) is 0 Å². The van der Waals surface area contributed by atoms with Gasteiger partial charge in [0.2, 0.25) is 0 Å². The Balaban J connectivity index is 2.13. The van der Waals surface area contributed by atoms with E-state index >= 15 is 0 Å². The van der Waals surface area contributed by atoms with E-state index in [-0.39, 0.29) is 18.6 Å². The van der Waals surface area contributed by atoms with E-state index in [0.29, 0.717) is 0 Å². The monoisotopic (exact) mass is 258 g/mol. The quantitative estimate of drug-likeness (QED) is 0.844. The van der Waals surface area contributed by atoms with Crippen molar-refractivity contribution in [3.05, 3.63) is 29.8 Å². The van der Waals surface area contributed by atoms with Crippen LogP contribution in [-0.2, 0) is 0 Å². The molecule has 1 atom stereocenters. The van der Waals surface area contributed by atoms with Gasteiger partial charge in [-0.05, 0) is 30.5 Å². The summed E-state index contributed by atoms with van der Waals surface area (Å²) >= 11 is 0. The summed E-state index contributed by atoms with van der Waals surface area (Å²) in [7, 11) is 1.64. The van der Waals surface area contributed by atoms with Crippen molar-refractivity contribution in [1.82, 2.24) is 10.2 Å². The van der Waals surface area contributed by atoms with E-state index in [1.54, 1.807) is 7.11 Å². The smallest absolute Gasteiger partial charge is 0.318 e. The molecule has 0 spiro atoms. The van der Waals surface area contributed by atoms with Crippen molar-refractivity contribution >= 4 is 6.03 Å². The minimum atomic E-state index is -0.0942. The molecule has 0 aromatic heterocycles. The zero-order valence-electron chi connectivity index (χ0n) is 11.1. The molecule has 1 fully saturated rings. The van der Waals surface area contributed by atoms with Gasteiger partial charge < -0.3 is 15.0 Å². The lowest BCUT2D eigenvalue weighted by Gasteiger charge is -2.25. The molecule has 4 nitrogen and oxygen atoms in total. The molecular formula is C15H18N2O2. The van der Waals surface area contributed by atoms with Crippen LogP contribution in [0.5, 0.6) is 5.75 Å². The van der Waals surface area contributed by atoms with Crippen LogP contribution in [0.3, 0.4) is 0 Å². The second-order valence-electron chi connectivity index (χ2n) is 4.49. The molecule has 2 amide bonds. The molecule has 1 saturated heterocycles. The van der Waals surface area contributed by atoms with Crippen LogP contribution < -0.4 is 10.1 Å². The highest BCUT2D eigenvalue weighted by molar-refractivity contribution is 5.75. The van der Waals surface area contributed by atoms with Gasteiger partial charge in [-0.25, -0.2) is 4.79 Å². The molecule has 1 heterocycles. The van der Waals surface area contributed by atoms with Crippen LogP contribution in [0.15, 0.2) is 24.3 Å². The number of hydrogen-bond donors (Lipinski definition) is 1. The number of carbonyl (C=O) groups is 1. The highest BCUT2D eigenvalue weighted by atomic mass is 16.5. The van der Waals surface area contributed by atoms with Crippen molar-refractivity contribution in [2.75, 3.05) is 20.2 Å². The Kier molecular flexibility index (Phi) is 4.30. The molecule has 1 N–H and O–H groups in total. The summed E-state index contributed by atoms with van der Waals surface area (Å²) in [6, 6.07) is 7.87. The summed E-state index contributed by atoms with van der Waals surface area (Å²) in [5, 5.41) is 2.72. The Labute approximate surface area is 113 Å². The van der Waals surface area contributed by atoms with E-state index < -0.39 is 0 Å². The summed E-state index contributed by atoms with van der Waals surface area (Å²) in [6.07, 6.45) is 7.13. The maximum Gasteiger partial charge on any atom is 0.318 e. The van der Waals surface area contributed by atoms with Gasteiger partial charge in [-0.2, -0.15) is 0 Å². The maximum atomic E-state index is 12.0. The van der Waals surface area contributed by atoms with Crippen LogP contribution >= 0.6 is 0 Å². The Morgan fingerprint density at radius 3 is 3.21 bits per heavy atom. The fourth-order valence-corrected chi connectivity index (χ4v) is 2.43. The Bertz CT molecular complexity index is 493. The lowest BCUT2D eigenvalue weighted by molar-refractivity contribution is 0.194. The minimum Gasteiger partial charge on any atom is -0.497 e. The largest absolute Gasteiger partial charge is 0.497 e. The van der Waals surface area contributed by atoms with Gasteiger partial charge in [0.15, 0.2) is 0 Å². The van der Waals surface area contributed by atoms with Gasteiger partial charge in [-0.1, -0.05) is 18.1 Å². The Morgan fingerprint density at radius 1 is 1.63 bits per heavy atom. The maximum absolute atomic E-state index is 12.0. The number of urea groups is 1. The third kappa shape index (κ3) is 3.00. The molecular weight excluding hydrogens is 240 g/mol. The first kappa shape index (κ1) is 13.3. The molecule has 0 unspecified atom stereocenters. The first-order chi connectivity index (χ1) is 9.26. The van der Waals surface area contributed by atoms with Gasteiger partial charge in [-0.15, -0.1) is 6.42 Å². The van der Waals surface area contributed by atoms with Crippen LogP contribution in [0.25, 0.3) is 0 Å². The molecule has 100 valence electrons. The van der Waals surface area contributed by atoms with Gasteiger partial charge in [-0.3, -0.25) is 0 Å². The van der Waals surface area contributed by atoms with Crippen LogP contribution in [0.4, 0.5) is 4.79 Å². The number of benzene rings is 1. The number of methoxy groups -OCH3 is 1. The van der Waals surface area contributed by atoms with Crippen molar-refractivity contribution in [2.45, 2.75) is 18.9 Å².